The van der Waals surface area contributed by atoms with Gasteiger partial charge in [0, 0.05) is 50.2 Å². The molecule has 1 N–H and O–H groups in total. The average molecular weight is 366 g/mol. The van der Waals surface area contributed by atoms with Crippen molar-refractivity contribution >= 4 is 15.9 Å². The maximum Gasteiger partial charge on any atom is 0.249 e. The number of hydrogen-bond donors (Lipinski definition) is 1. The zero-order valence-electron chi connectivity index (χ0n) is 13.7. The van der Waals surface area contributed by atoms with E-state index < -0.39 is 21.9 Å². The minimum atomic E-state index is -3.25. The van der Waals surface area contributed by atoms with Gasteiger partial charge in [0.15, 0.2) is 0 Å². The Morgan fingerprint density at radius 2 is 2.04 bits per heavy atom. The molecule has 1 saturated carbocycles. The van der Waals surface area contributed by atoms with Crippen LogP contribution in [0.25, 0.3) is 0 Å². The van der Waals surface area contributed by atoms with E-state index in [1.807, 2.05) is 6.92 Å². The van der Waals surface area contributed by atoms with Crippen molar-refractivity contribution in [1.29, 1.82) is 0 Å². The molecule has 3 aliphatic rings. The maximum atomic E-state index is 12.8. The fraction of sp³-hybridized carbons (Fsp3) is 0.933. The lowest BCUT2D eigenvalue weighted by molar-refractivity contribution is -0.150. The maximum absolute atomic E-state index is 12.8. The van der Waals surface area contributed by atoms with Crippen molar-refractivity contribution < 1.29 is 26.7 Å². The molecule has 0 aromatic rings. The van der Waals surface area contributed by atoms with Crippen LogP contribution in [0, 0.1) is 17.8 Å². The lowest BCUT2D eigenvalue weighted by atomic mass is 9.80. The molecular formula is C15H24F2N2O4S. The highest BCUT2D eigenvalue weighted by molar-refractivity contribution is 7.89. The summed E-state index contributed by atoms with van der Waals surface area (Å²) in [6.07, 6.45) is -0.323. The van der Waals surface area contributed by atoms with E-state index in [9.17, 15) is 22.0 Å². The number of nitrogens with one attached hydrogen (secondary N) is 1. The van der Waals surface area contributed by atoms with Crippen molar-refractivity contribution in [2.24, 2.45) is 17.8 Å². The Bertz CT molecular complexity index is 590. The third-order valence-corrected chi connectivity index (χ3v) is 7.27. The first-order chi connectivity index (χ1) is 11.2. The number of amides is 1. The number of sulfonamides is 1. The smallest absolute Gasteiger partial charge is 0.249 e. The van der Waals surface area contributed by atoms with Crippen LogP contribution < -0.4 is 5.32 Å². The Balaban J connectivity index is 1.49. The Labute approximate surface area is 141 Å². The van der Waals surface area contributed by atoms with Gasteiger partial charge >= 0.3 is 0 Å². The van der Waals surface area contributed by atoms with Crippen LogP contribution in [0.1, 0.15) is 26.2 Å². The van der Waals surface area contributed by atoms with Crippen LogP contribution in [0.5, 0.6) is 0 Å². The number of rotatable bonds is 6. The van der Waals surface area contributed by atoms with E-state index in [2.05, 4.69) is 5.32 Å². The topological polar surface area (TPSA) is 75.7 Å². The van der Waals surface area contributed by atoms with Gasteiger partial charge in [-0.25, -0.2) is 17.2 Å². The fourth-order valence-electron chi connectivity index (χ4n) is 3.81. The number of halogens is 2. The first kappa shape index (κ1) is 18.0. The van der Waals surface area contributed by atoms with E-state index in [1.165, 1.54) is 4.31 Å². The minimum absolute atomic E-state index is 0.0290. The molecule has 24 heavy (non-hydrogen) atoms. The van der Waals surface area contributed by atoms with Crippen LogP contribution in [0.4, 0.5) is 8.78 Å². The molecule has 3 rings (SSSR count). The van der Waals surface area contributed by atoms with E-state index in [0.29, 0.717) is 32.7 Å². The van der Waals surface area contributed by atoms with Gasteiger partial charge in [-0.2, -0.15) is 4.31 Å². The molecule has 0 spiro atoms. The van der Waals surface area contributed by atoms with Gasteiger partial charge in [0.2, 0.25) is 21.9 Å². The quantitative estimate of drug-likeness (QED) is 0.756. The number of fused-ring (bicyclic) bond motifs is 1. The van der Waals surface area contributed by atoms with Crippen molar-refractivity contribution in [1.82, 2.24) is 9.62 Å². The number of hydrogen-bond acceptors (Lipinski definition) is 4. The Morgan fingerprint density at radius 3 is 2.67 bits per heavy atom. The molecule has 1 aliphatic carbocycles. The summed E-state index contributed by atoms with van der Waals surface area (Å²) in [4.78, 5) is 11.9. The zero-order chi connectivity index (χ0) is 17.5. The summed E-state index contributed by atoms with van der Waals surface area (Å²) < 4.78 is 57.1. The van der Waals surface area contributed by atoms with E-state index in [1.54, 1.807) is 0 Å². The Kier molecular flexibility index (Phi) is 4.87. The zero-order valence-corrected chi connectivity index (χ0v) is 14.5. The van der Waals surface area contributed by atoms with Crippen molar-refractivity contribution in [3.8, 4) is 0 Å². The third-order valence-electron chi connectivity index (χ3n) is 5.26. The van der Waals surface area contributed by atoms with Gasteiger partial charge in [-0.3, -0.25) is 4.79 Å². The van der Waals surface area contributed by atoms with E-state index >= 15 is 0 Å². The molecular weight excluding hydrogens is 342 g/mol. The second-order valence-corrected chi connectivity index (χ2v) is 9.22. The van der Waals surface area contributed by atoms with Crippen LogP contribution >= 0.6 is 0 Å². The van der Waals surface area contributed by atoms with Crippen LogP contribution in [0.3, 0.4) is 0 Å². The number of alkyl halides is 2. The van der Waals surface area contributed by atoms with Crippen LogP contribution in [-0.2, 0) is 19.6 Å². The average Bonchev–Trinajstić information content (AvgIpc) is 3.03. The summed E-state index contributed by atoms with van der Waals surface area (Å²) in [6.45, 7) is 3.43. The lowest BCUT2D eigenvalue weighted by Crippen LogP contribution is -2.46. The van der Waals surface area contributed by atoms with E-state index in [4.69, 9.17) is 4.74 Å². The van der Waals surface area contributed by atoms with Gasteiger partial charge in [-0.05, 0) is 6.42 Å². The standard InChI is InChI=1S/C15H24F2N2O4S/c1-2-3-24(21,22)19-7-12-11(9-23-13(12)8-19)6-18-14(20)10-4-15(16,17)5-10/h10-13H,2-9H2,1H3,(H,18,20)/t11-,12+,13+/m0/s1. The molecule has 0 radical (unpaired) electrons. The molecule has 2 heterocycles. The Morgan fingerprint density at radius 1 is 1.33 bits per heavy atom. The fourth-order valence-corrected chi connectivity index (χ4v) is 5.36. The molecule has 3 atom stereocenters. The molecule has 2 saturated heterocycles. The molecule has 0 unspecified atom stereocenters. The van der Waals surface area contributed by atoms with E-state index in [-0.39, 0.29) is 42.4 Å². The first-order valence-electron chi connectivity index (χ1n) is 8.47. The first-order valence-corrected chi connectivity index (χ1v) is 10.1. The summed E-state index contributed by atoms with van der Waals surface area (Å²) in [5.74, 6) is -3.44. The van der Waals surface area contributed by atoms with Gasteiger partial charge in [0.25, 0.3) is 0 Å². The third kappa shape index (κ3) is 3.57. The highest BCUT2D eigenvalue weighted by Gasteiger charge is 2.50. The summed E-state index contributed by atoms with van der Waals surface area (Å²) >= 11 is 0. The molecule has 3 fully saturated rings. The van der Waals surface area contributed by atoms with Gasteiger partial charge in [0.05, 0.1) is 18.5 Å². The predicted octanol–water partition coefficient (Wildman–Crippen LogP) is 0.834. The second kappa shape index (κ2) is 6.49. The Hall–Kier alpha value is -0.800. The van der Waals surface area contributed by atoms with Crippen LogP contribution in [0.15, 0.2) is 0 Å². The predicted molar refractivity (Wildman–Crippen MR) is 83.1 cm³/mol. The van der Waals surface area contributed by atoms with Crippen LogP contribution in [-0.4, -0.2) is 62.7 Å². The minimum Gasteiger partial charge on any atom is -0.376 e. The molecule has 1 amide bonds. The van der Waals surface area contributed by atoms with Gasteiger partial charge < -0.3 is 10.1 Å². The highest BCUT2D eigenvalue weighted by Crippen LogP contribution is 2.42. The lowest BCUT2D eigenvalue weighted by Gasteiger charge is -2.34. The van der Waals surface area contributed by atoms with Crippen molar-refractivity contribution in [3.63, 3.8) is 0 Å². The molecule has 0 aromatic heterocycles. The second-order valence-electron chi connectivity index (χ2n) is 7.13. The summed E-state index contributed by atoms with van der Waals surface area (Å²) in [7, 11) is -3.25. The van der Waals surface area contributed by atoms with E-state index in [0.717, 1.165) is 0 Å². The van der Waals surface area contributed by atoms with Crippen molar-refractivity contribution in [3.05, 3.63) is 0 Å². The monoisotopic (exact) mass is 366 g/mol. The summed E-state index contributed by atoms with van der Waals surface area (Å²) in [5.41, 5.74) is 0. The number of carbonyl (C=O) groups is 1. The molecule has 2 aliphatic heterocycles. The van der Waals surface area contributed by atoms with Gasteiger partial charge in [-0.15, -0.1) is 0 Å². The normalized spacial score (nSPS) is 33.2. The van der Waals surface area contributed by atoms with Crippen molar-refractivity contribution in [2.45, 2.75) is 38.2 Å². The highest BCUT2D eigenvalue weighted by atomic mass is 32.2. The van der Waals surface area contributed by atoms with Gasteiger partial charge in [0.1, 0.15) is 0 Å². The largest absolute Gasteiger partial charge is 0.376 e. The van der Waals surface area contributed by atoms with Crippen molar-refractivity contribution in [2.75, 3.05) is 32.0 Å². The summed E-state index contributed by atoms with van der Waals surface area (Å²) in [5, 5.41) is 2.74. The molecule has 138 valence electrons. The molecule has 9 heteroatoms. The number of nitrogens with zero attached hydrogens (tertiary/aromatic N) is 1. The SMILES string of the molecule is CCCS(=O)(=O)N1C[C@@H]2[C@@H](CNC(=O)C3CC(F)(F)C3)CO[C@@H]2C1. The van der Waals surface area contributed by atoms with Gasteiger partial charge in [-0.1, -0.05) is 6.92 Å². The summed E-state index contributed by atoms with van der Waals surface area (Å²) in [6, 6.07) is 0. The van der Waals surface area contributed by atoms with Crippen LogP contribution in [0.2, 0.25) is 0 Å². The molecule has 6 nitrogen and oxygen atoms in total. The number of ether oxygens (including phenoxy) is 1. The number of carbonyl (C=O) groups excluding carboxylic acids is 1. The molecule has 0 aromatic carbocycles. The molecule has 0 bridgehead atoms.